The van der Waals surface area contributed by atoms with Crippen LogP contribution >= 0.6 is 11.6 Å². The van der Waals surface area contributed by atoms with Crippen LogP contribution in [-0.2, 0) is 11.3 Å². The molecule has 19 heavy (non-hydrogen) atoms. The third-order valence-corrected chi connectivity index (χ3v) is 3.08. The summed E-state index contributed by atoms with van der Waals surface area (Å²) in [7, 11) is 1.90. The van der Waals surface area contributed by atoms with E-state index < -0.39 is 0 Å². The minimum Gasteiger partial charge on any atom is -0.362 e. The van der Waals surface area contributed by atoms with Gasteiger partial charge in [-0.2, -0.15) is 0 Å². The van der Waals surface area contributed by atoms with Crippen LogP contribution in [0.2, 0.25) is 5.02 Å². The van der Waals surface area contributed by atoms with Crippen molar-refractivity contribution in [3.63, 3.8) is 0 Å². The Bertz CT molecular complexity index is 423. The van der Waals surface area contributed by atoms with Crippen LogP contribution in [0.5, 0.6) is 0 Å². The minimum absolute atomic E-state index is 0.0275. The Kier molecular flexibility index (Phi) is 6.67. The largest absolute Gasteiger partial charge is 0.362 e. The highest BCUT2D eigenvalue weighted by Crippen LogP contribution is 2.24. The molecule has 0 bridgehead atoms. The number of halogens is 1. The second kappa shape index (κ2) is 8.02. The molecule has 106 valence electrons. The fourth-order valence-electron chi connectivity index (χ4n) is 1.97. The molecule has 0 aliphatic heterocycles. The summed E-state index contributed by atoms with van der Waals surface area (Å²) in [5.41, 5.74) is 2.15. The molecule has 0 heterocycles. The molecule has 0 saturated heterocycles. The van der Waals surface area contributed by atoms with E-state index in [9.17, 15) is 4.79 Å². The summed E-state index contributed by atoms with van der Waals surface area (Å²) in [5, 5.41) is 6.63. The maximum Gasteiger partial charge on any atom is 0.239 e. The first-order valence-electron chi connectivity index (χ1n) is 6.57. The number of amides is 1. The first-order chi connectivity index (χ1) is 9.12. The number of benzene rings is 1. The van der Waals surface area contributed by atoms with Gasteiger partial charge in [0, 0.05) is 30.3 Å². The number of nitrogens with zero attached hydrogens (tertiary/aromatic N) is 1. The van der Waals surface area contributed by atoms with Crippen molar-refractivity contribution in [2.24, 2.45) is 0 Å². The summed E-state index contributed by atoms with van der Waals surface area (Å²) in [5.74, 6) is 0.0275. The summed E-state index contributed by atoms with van der Waals surface area (Å²) in [6, 6.07) is 5.78. The van der Waals surface area contributed by atoms with Gasteiger partial charge >= 0.3 is 0 Å². The molecular formula is C14H22ClN3O. The first kappa shape index (κ1) is 15.8. The van der Waals surface area contributed by atoms with Gasteiger partial charge in [-0.25, -0.2) is 0 Å². The van der Waals surface area contributed by atoms with Crippen molar-refractivity contribution in [2.45, 2.75) is 20.4 Å². The fraction of sp³-hybridized carbons (Fsp3) is 0.500. The molecule has 0 saturated carbocycles. The maximum atomic E-state index is 11.7. The Labute approximate surface area is 120 Å². The van der Waals surface area contributed by atoms with Crippen molar-refractivity contribution in [3.8, 4) is 0 Å². The Balaban J connectivity index is 2.95. The lowest BCUT2D eigenvalue weighted by molar-refractivity contribution is -0.119. The number of rotatable bonds is 7. The third kappa shape index (κ3) is 4.73. The zero-order valence-electron chi connectivity index (χ0n) is 11.8. The van der Waals surface area contributed by atoms with Crippen molar-refractivity contribution in [3.05, 3.63) is 28.8 Å². The highest BCUT2D eigenvalue weighted by Gasteiger charge is 2.13. The molecule has 0 spiro atoms. The maximum absolute atomic E-state index is 11.7. The van der Waals surface area contributed by atoms with E-state index in [2.05, 4.69) is 10.6 Å². The van der Waals surface area contributed by atoms with Crippen LogP contribution in [0.25, 0.3) is 0 Å². The molecule has 1 amide bonds. The van der Waals surface area contributed by atoms with E-state index in [0.717, 1.165) is 24.3 Å². The first-order valence-corrected chi connectivity index (χ1v) is 6.94. The van der Waals surface area contributed by atoms with Gasteiger partial charge in [-0.15, -0.1) is 0 Å². The highest BCUT2D eigenvalue weighted by molar-refractivity contribution is 6.30. The number of anilines is 1. The standard InChI is InChI=1S/C14H22ClN3O/c1-4-17-14(19)10-18(5-2)13-8-12(15)7-6-11(13)9-16-3/h6-8,16H,4-5,9-10H2,1-3H3,(H,17,19). The van der Waals surface area contributed by atoms with Crippen LogP contribution in [0.1, 0.15) is 19.4 Å². The number of nitrogens with one attached hydrogen (secondary N) is 2. The van der Waals surface area contributed by atoms with E-state index in [1.165, 1.54) is 0 Å². The fourth-order valence-corrected chi connectivity index (χ4v) is 2.13. The summed E-state index contributed by atoms with van der Waals surface area (Å²) in [6.45, 7) is 6.45. The van der Waals surface area contributed by atoms with Crippen molar-refractivity contribution < 1.29 is 4.79 Å². The van der Waals surface area contributed by atoms with Gasteiger partial charge in [-0.3, -0.25) is 4.79 Å². The minimum atomic E-state index is 0.0275. The Morgan fingerprint density at radius 3 is 2.68 bits per heavy atom. The lowest BCUT2D eigenvalue weighted by Gasteiger charge is -2.25. The highest BCUT2D eigenvalue weighted by atomic mass is 35.5. The number of hydrogen-bond donors (Lipinski definition) is 2. The van der Waals surface area contributed by atoms with E-state index >= 15 is 0 Å². The zero-order chi connectivity index (χ0) is 14.3. The Hall–Kier alpha value is -1.26. The van der Waals surface area contributed by atoms with Crippen molar-refractivity contribution in [1.82, 2.24) is 10.6 Å². The Morgan fingerprint density at radius 1 is 1.37 bits per heavy atom. The quantitative estimate of drug-likeness (QED) is 0.805. The van der Waals surface area contributed by atoms with Gasteiger partial charge in [-0.05, 0) is 38.6 Å². The molecular weight excluding hydrogens is 262 g/mol. The second-order valence-corrected chi connectivity index (χ2v) is 4.71. The van der Waals surface area contributed by atoms with Gasteiger partial charge in [0.25, 0.3) is 0 Å². The van der Waals surface area contributed by atoms with Gasteiger partial charge in [0.15, 0.2) is 0 Å². The lowest BCUT2D eigenvalue weighted by Crippen LogP contribution is -2.37. The molecule has 0 radical (unpaired) electrons. The van der Waals surface area contributed by atoms with E-state index in [-0.39, 0.29) is 5.91 Å². The van der Waals surface area contributed by atoms with E-state index in [4.69, 9.17) is 11.6 Å². The van der Waals surface area contributed by atoms with Gasteiger partial charge in [0.1, 0.15) is 0 Å². The van der Waals surface area contributed by atoms with Crippen LogP contribution in [0.4, 0.5) is 5.69 Å². The molecule has 0 aromatic heterocycles. The molecule has 4 nitrogen and oxygen atoms in total. The molecule has 0 aliphatic carbocycles. The third-order valence-electron chi connectivity index (χ3n) is 2.85. The number of likely N-dealkylation sites (N-methyl/N-ethyl adjacent to an activating group) is 2. The van der Waals surface area contributed by atoms with Crippen LogP contribution in [0.15, 0.2) is 18.2 Å². The van der Waals surface area contributed by atoms with Gasteiger partial charge in [0.05, 0.1) is 6.54 Å². The SMILES string of the molecule is CCNC(=O)CN(CC)c1cc(Cl)ccc1CNC. The van der Waals surface area contributed by atoms with E-state index in [1.54, 1.807) is 0 Å². The average molecular weight is 284 g/mol. The van der Waals surface area contributed by atoms with Crippen molar-refractivity contribution >= 4 is 23.2 Å². The number of carbonyl (C=O) groups is 1. The topological polar surface area (TPSA) is 44.4 Å². The molecule has 0 unspecified atom stereocenters. The molecule has 1 aromatic carbocycles. The summed E-state index contributed by atoms with van der Waals surface area (Å²) < 4.78 is 0. The van der Waals surface area contributed by atoms with Gasteiger partial charge in [0.2, 0.25) is 5.91 Å². The molecule has 5 heteroatoms. The summed E-state index contributed by atoms with van der Waals surface area (Å²) in [6.07, 6.45) is 0. The normalized spacial score (nSPS) is 10.3. The van der Waals surface area contributed by atoms with Crippen molar-refractivity contribution in [1.29, 1.82) is 0 Å². The van der Waals surface area contributed by atoms with E-state index in [0.29, 0.717) is 18.1 Å². The van der Waals surface area contributed by atoms with Crippen LogP contribution in [0.3, 0.4) is 0 Å². The van der Waals surface area contributed by atoms with Gasteiger partial charge < -0.3 is 15.5 Å². The van der Waals surface area contributed by atoms with E-state index in [1.807, 2.05) is 44.0 Å². The molecule has 0 atom stereocenters. The second-order valence-electron chi connectivity index (χ2n) is 4.27. The monoisotopic (exact) mass is 283 g/mol. The predicted octanol–water partition coefficient (Wildman–Crippen LogP) is 2.02. The molecule has 1 rings (SSSR count). The molecule has 0 fully saturated rings. The van der Waals surface area contributed by atoms with Crippen LogP contribution in [0, 0.1) is 0 Å². The lowest BCUT2D eigenvalue weighted by atomic mass is 10.1. The van der Waals surface area contributed by atoms with Gasteiger partial charge in [-0.1, -0.05) is 17.7 Å². The molecule has 1 aromatic rings. The molecule has 0 aliphatic rings. The zero-order valence-corrected chi connectivity index (χ0v) is 12.5. The molecule has 2 N–H and O–H groups in total. The van der Waals surface area contributed by atoms with Crippen molar-refractivity contribution in [2.75, 3.05) is 31.6 Å². The smallest absolute Gasteiger partial charge is 0.239 e. The number of carbonyl (C=O) groups excluding carboxylic acids is 1. The summed E-state index contributed by atoms with van der Waals surface area (Å²) in [4.78, 5) is 13.8. The average Bonchev–Trinajstić information content (AvgIpc) is 2.39. The van der Waals surface area contributed by atoms with Crippen LogP contribution < -0.4 is 15.5 Å². The predicted molar refractivity (Wildman–Crippen MR) is 80.8 cm³/mol. The Morgan fingerprint density at radius 2 is 2.11 bits per heavy atom. The number of hydrogen-bond acceptors (Lipinski definition) is 3. The van der Waals surface area contributed by atoms with Crippen LogP contribution in [-0.4, -0.2) is 32.6 Å². The summed E-state index contributed by atoms with van der Waals surface area (Å²) >= 11 is 6.07.